The highest BCUT2D eigenvalue weighted by Gasteiger charge is 2.30. The second-order valence-corrected chi connectivity index (χ2v) is 7.92. The van der Waals surface area contributed by atoms with Gasteiger partial charge in [-0.05, 0) is 51.2 Å². The molecule has 1 N–H and O–H groups in total. The van der Waals surface area contributed by atoms with E-state index in [9.17, 15) is 19.7 Å². The fourth-order valence-electron chi connectivity index (χ4n) is 3.82. The zero-order chi connectivity index (χ0) is 21.5. The van der Waals surface area contributed by atoms with E-state index in [4.69, 9.17) is 0 Å². The van der Waals surface area contributed by atoms with Gasteiger partial charge in [-0.25, -0.2) is 0 Å². The number of nitrogens with zero attached hydrogens (tertiary/aromatic N) is 4. The molecule has 2 aliphatic heterocycles. The Hall–Kier alpha value is -2.97. The number of benzene rings is 1. The van der Waals surface area contributed by atoms with Gasteiger partial charge < -0.3 is 15.1 Å². The van der Waals surface area contributed by atoms with Crippen molar-refractivity contribution < 1.29 is 14.5 Å². The van der Waals surface area contributed by atoms with Gasteiger partial charge in [0.05, 0.1) is 6.54 Å². The Morgan fingerprint density at radius 2 is 1.83 bits per heavy atom. The monoisotopic (exact) mass is 415 g/mol. The maximum atomic E-state index is 13.1. The predicted octanol–water partition coefficient (Wildman–Crippen LogP) is 2.09. The Morgan fingerprint density at radius 3 is 2.50 bits per heavy atom. The largest absolute Gasteiger partial charge is 0.341 e. The molecule has 0 saturated carbocycles. The predicted molar refractivity (Wildman–Crippen MR) is 114 cm³/mol. The molecule has 30 heavy (non-hydrogen) atoms. The van der Waals surface area contributed by atoms with Gasteiger partial charge in [-0.15, -0.1) is 0 Å². The highest BCUT2D eigenvalue weighted by atomic mass is 16.6. The summed E-state index contributed by atoms with van der Waals surface area (Å²) in [6.45, 7) is 3.52. The average molecular weight is 415 g/mol. The molecular weight excluding hydrogens is 386 g/mol. The summed E-state index contributed by atoms with van der Waals surface area (Å²) in [5.41, 5.74) is 1.76. The molecule has 0 bridgehead atoms. The number of nitro groups is 1. The van der Waals surface area contributed by atoms with Crippen molar-refractivity contribution in [3.63, 3.8) is 0 Å². The van der Waals surface area contributed by atoms with Gasteiger partial charge in [-0.3, -0.25) is 24.7 Å². The van der Waals surface area contributed by atoms with Gasteiger partial charge in [0.25, 0.3) is 6.54 Å². The van der Waals surface area contributed by atoms with Crippen LogP contribution >= 0.6 is 0 Å². The van der Waals surface area contributed by atoms with Gasteiger partial charge in [0.2, 0.25) is 11.8 Å². The molecule has 9 nitrogen and oxygen atoms in total. The zero-order valence-electron chi connectivity index (χ0n) is 17.4. The van der Waals surface area contributed by atoms with E-state index in [0.29, 0.717) is 18.7 Å². The molecule has 1 aromatic carbocycles. The van der Waals surface area contributed by atoms with E-state index in [1.807, 2.05) is 31.2 Å². The summed E-state index contributed by atoms with van der Waals surface area (Å²) < 4.78 is 0. The summed E-state index contributed by atoms with van der Waals surface area (Å²) in [6.07, 6.45) is 4.10. The van der Waals surface area contributed by atoms with Crippen LogP contribution in [0.3, 0.4) is 0 Å². The Balaban J connectivity index is 1.73. The number of amides is 2. The molecule has 3 rings (SSSR count). The number of amidine groups is 1. The van der Waals surface area contributed by atoms with Crippen LogP contribution in [-0.2, 0) is 9.59 Å². The Kier molecular flexibility index (Phi) is 7.37. The van der Waals surface area contributed by atoms with E-state index in [0.717, 1.165) is 44.3 Å². The summed E-state index contributed by atoms with van der Waals surface area (Å²) in [5.74, 6) is -0.115. The standard InChI is InChI=1S/C21H29N5O4/c1-16-7-9-17(10-8-16)22-19(14-26(29)30)23-18-6-2-3-13-25(21(18)28)15-20(27)24-11-4-5-12-24/h7-10,18H,2-6,11-15H2,1H3,(H,22,23). The highest BCUT2D eigenvalue weighted by molar-refractivity contribution is 5.98. The lowest BCUT2D eigenvalue weighted by molar-refractivity contribution is -0.463. The minimum absolute atomic E-state index is 0.0335. The minimum atomic E-state index is -0.716. The normalized spacial score (nSPS) is 20.2. The Morgan fingerprint density at radius 1 is 1.17 bits per heavy atom. The van der Waals surface area contributed by atoms with Crippen LogP contribution in [-0.4, -0.2) is 71.1 Å². The number of carbonyl (C=O) groups excluding carboxylic acids is 2. The summed E-state index contributed by atoms with van der Waals surface area (Å²) in [5, 5.41) is 14.1. The zero-order valence-corrected chi connectivity index (χ0v) is 17.4. The lowest BCUT2D eigenvalue weighted by atomic mass is 10.1. The molecule has 2 aliphatic rings. The third-order valence-corrected chi connectivity index (χ3v) is 5.47. The molecule has 2 fully saturated rings. The van der Waals surface area contributed by atoms with Crippen molar-refractivity contribution in [2.75, 3.05) is 38.0 Å². The molecule has 9 heteroatoms. The van der Waals surface area contributed by atoms with E-state index < -0.39 is 17.5 Å². The van der Waals surface area contributed by atoms with Crippen molar-refractivity contribution in [1.82, 2.24) is 9.80 Å². The Labute approximate surface area is 176 Å². The van der Waals surface area contributed by atoms with Gasteiger partial charge in [0.1, 0.15) is 6.04 Å². The van der Waals surface area contributed by atoms with E-state index in [-0.39, 0.29) is 24.2 Å². The first-order chi connectivity index (χ1) is 14.4. The first-order valence-corrected chi connectivity index (χ1v) is 10.5. The van der Waals surface area contributed by atoms with Crippen LogP contribution in [0.15, 0.2) is 29.3 Å². The number of rotatable bonds is 6. The summed E-state index contributed by atoms with van der Waals surface area (Å²) in [7, 11) is 0. The van der Waals surface area contributed by atoms with Gasteiger partial charge in [0.15, 0.2) is 5.84 Å². The second-order valence-electron chi connectivity index (χ2n) is 7.92. The number of likely N-dealkylation sites (tertiary alicyclic amines) is 2. The molecule has 1 atom stereocenters. The van der Waals surface area contributed by atoms with E-state index in [2.05, 4.69) is 10.3 Å². The molecule has 1 aromatic rings. The molecule has 2 heterocycles. The van der Waals surface area contributed by atoms with Crippen molar-refractivity contribution in [2.24, 2.45) is 4.99 Å². The fourth-order valence-corrected chi connectivity index (χ4v) is 3.82. The smallest absolute Gasteiger partial charge is 0.260 e. The first-order valence-electron chi connectivity index (χ1n) is 10.5. The van der Waals surface area contributed by atoms with E-state index in [1.165, 1.54) is 0 Å². The fraction of sp³-hybridized carbons (Fsp3) is 0.571. The first kappa shape index (κ1) is 21.7. The third-order valence-electron chi connectivity index (χ3n) is 5.47. The third kappa shape index (κ3) is 6.01. The number of nitrogens with one attached hydrogen (secondary N) is 1. The molecular formula is C21H29N5O4. The van der Waals surface area contributed by atoms with Gasteiger partial charge in [-0.1, -0.05) is 17.7 Å². The number of aryl methyl sites for hydroxylation is 1. The number of hydrogen-bond acceptors (Lipinski definition) is 5. The number of carbonyl (C=O) groups is 2. The second kappa shape index (κ2) is 10.2. The quantitative estimate of drug-likeness (QED) is 0.331. The lowest BCUT2D eigenvalue weighted by Crippen LogP contribution is -2.45. The molecule has 162 valence electrons. The van der Waals surface area contributed by atoms with Gasteiger partial charge in [0, 0.05) is 30.2 Å². The average Bonchev–Trinajstić information content (AvgIpc) is 3.19. The van der Waals surface area contributed by atoms with Crippen LogP contribution in [0.2, 0.25) is 0 Å². The summed E-state index contributed by atoms with van der Waals surface area (Å²) >= 11 is 0. The van der Waals surface area contributed by atoms with Crippen LogP contribution in [0.25, 0.3) is 0 Å². The molecule has 0 spiro atoms. The van der Waals surface area contributed by atoms with Crippen LogP contribution in [0.5, 0.6) is 0 Å². The van der Waals surface area contributed by atoms with Crippen molar-refractivity contribution >= 4 is 23.3 Å². The summed E-state index contributed by atoms with van der Waals surface area (Å²) in [4.78, 5) is 44.1. The van der Waals surface area contributed by atoms with Crippen LogP contribution < -0.4 is 5.32 Å². The Bertz CT molecular complexity index is 802. The van der Waals surface area contributed by atoms with Crippen molar-refractivity contribution in [3.05, 3.63) is 39.9 Å². The minimum Gasteiger partial charge on any atom is -0.341 e. The molecule has 1 unspecified atom stereocenters. The number of anilines is 1. The SMILES string of the molecule is Cc1ccc(NC(C[N+](=O)[O-])=NC2CCCCN(CC(=O)N3CCCC3)C2=O)cc1. The maximum Gasteiger partial charge on any atom is 0.260 e. The number of hydrogen-bond donors (Lipinski definition) is 1. The molecule has 0 aromatic heterocycles. The van der Waals surface area contributed by atoms with Crippen LogP contribution in [0.4, 0.5) is 5.69 Å². The van der Waals surface area contributed by atoms with Gasteiger partial charge >= 0.3 is 0 Å². The van der Waals surface area contributed by atoms with Crippen molar-refractivity contribution in [1.29, 1.82) is 0 Å². The molecule has 2 saturated heterocycles. The van der Waals surface area contributed by atoms with E-state index in [1.54, 1.807) is 9.80 Å². The molecule has 0 aliphatic carbocycles. The highest BCUT2D eigenvalue weighted by Crippen LogP contribution is 2.17. The van der Waals surface area contributed by atoms with E-state index >= 15 is 0 Å². The van der Waals surface area contributed by atoms with Crippen LogP contribution in [0.1, 0.15) is 37.7 Å². The molecule has 2 amide bonds. The van der Waals surface area contributed by atoms with Crippen molar-refractivity contribution in [3.8, 4) is 0 Å². The maximum absolute atomic E-state index is 13.1. The van der Waals surface area contributed by atoms with Gasteiger partial charge in [-0.2, -0.15) is 0 Å². The van der Waals surface area contributed by atoms with Crippen LogP contribution in [0, 0.1) is 17.0 Å². The summed E-state index contributed by atoms with van der Waals surface area (Å²) in [6, 6.07) is 6.72. The number of aliphatic imine (C=N–C) groups is 1. The topological polar surface area (TPSA) is 108 Å². The molecule has 0 radical (unpaired) electrons. The lowest BCUT2D eigenvalue weighted by Gasteiger charge is -2.25. The van der Waals surface area contributed by atoms with Crippen molar-refractivity contribution in [2.45, 2.75) is 45.1 Å².